The van der Waals surface area contributed by atoms with E-state index in [4.69, 9.17) is 5.73 Å². The summed E-state index contributed by atoms with van der Waals surface area (Å²) in [7, 11) is -3.57. The minimum atomic E-state index is -3.57. The fourth-order valence-electron chi connectivity index (χ4n) is 3.40. The van der Waals surface area contributed by atoms with Gasteiger partial charge in [-0.15, -0.1) is 0 Å². The molecule has 3 heterocycles. The summed E-state index contributed by atoms with van der Waals surface area (Å²) in [5, 5.41) is 4.06. The maximum absolute atomic E-state index is 12.9. The number of fused-ring (bicyclic) bond motifs is 1. The molecule has 0 aliphatic carbocycles. The maximum Gasteiger partial charge on any atom is 0.248 e. The lowest BCUT2D eigenvalue weighted by Crippen LogP contribution is -2.56. The van der Waals surface area contributed by atoms with Crippen LogP contribution in [0.15, 0.2) is 11.1 Å². The van der Waals surface area contributed by atoms with E-state index in [1.54, 1.807) is 15.2 Å². The van der Waals surface area contributed by atoms with Crippen molar-refractivity contribution in [1.82, 2.24) is 19.0 Å². The first-order chi connectivity index (χ1) is 9.93. The van der Waals surface area contributed by atoms with Gasteiger partial charge < -0.3 is 5.73 Å². The Hall–Kier alpha value is -1.12. The largest absolute Gasteiger partial charge is 0.381 e. The summed E-state index contributed by atoms with van der Waals surface area (Å²) in [6.07, 6.45) is 3.77. The van der Waals surface area contributed by atoms with Crippen LogP contribution in [0.3, 0.4) is 0 Å². The number of rotatable bonds is 3. The van der Waals surface area contributed by atoms with E-state index in [2.05, 4.69) is 10.00 Å². The molecule has 2 fully saturated rings. The highest BCUT2D eigenvalue weighted by molar-refractivity contribution is 7.89. The SMILES string of the molecule is CCn1cc(S(=O)(=O)N2CC3CCCN3CC2C)c(N)n1. The van der Waals surface area contributed by atoms with Gasteiger partial charge in [0.1, 0.15) is 4.90 Å². The summed E-state index contributed by atoms with van der Waals surface area (Å²) in [6.45, 7) is 6.91. The molecule has 1 aromatic heterocycles. The van der Waals surface area contributed by atoms with E-state index >= 15 is 0 Å². The lowest BCUT2D eigenvalue weighted by Gasteiger charge is -2.41. The molecule has 0 radical (unpaired) electrons. The van der Waals surface area contributed by atoms with Crippen LogP contribution in [-0.4, -0.2) is 59.1 Å². The van der Waals surface area contributed by atoms with Gasteiger partial charge in [0, 0.05) is 37.9 Å². The van der Waals surface area contributed by atoms with Crippen LogP contribution in [-0.2, 0) is 16.6 Å². The lowest BCUT2D eigenvalue weighted by molar-refractivity contribution is 0.117. The Balaban J connectivity index is 1.91. The molecule has 2 aliphatic rings. The zero-order valence-electron chi connectivity index (χ0n) is 12.6. The molecule has 2 N–H and O–H groups in total. The first-order valence-electron chi connectivity index (χ1n) is 7.52. The van der Waals surface area contributed by atoms with Crippen molar-refractivity contribution < 1.29 is 8.42 Å². The molecule has 0 bridgehead atoms. The Morgan fingerprint density at radius 3 is 2.86 bits per heavy atom. The fraction of sp³-hybridized carbons (Fsp3) is 0.769. The Labute approximate surface area is 125 Å². The predicted molar refractivity (Wildman–Crippen MR) is 80.3 cm³/mol. The van der Waals surface area contributed by atoms with Gasteiger partial charge in [0.05, 0.1) is 0 Å². The Morgan fingerprint density at radius 2 is 2.19 bits per heavy atom. The van der Waals surface area contributed by atoms with E-state index in [0.717, 1.165) is 25.9 Å². The third-order valence-electron chi connectivity index (χ3n) is 4.55. The van der Waals surface area contributed by atoms with Gasteiger partial charge in [-0.3, -0.25) is 9.58 Å². The summed E-state index contributed by atoms with van der Waals surface area (Å²) < 4.78 is 29.0. The van der Waals surface area contributed by atoms with Crippen molar-refractivity contribution in [2.45, 2.75) is 50.2 Å². The van der Waals surface area contributed by atoms with E-state index in [0.29, 0.717) is 19.1 Å². The molecule has 2 aliphatic heterocycles. The number of nitrogens with zero attached hydrogens (tertiary/aromatic N) is 4. The number of aromatic nitrogens is 2. The van der Waals surface area contributed by atoms with Gasteiger partial charge in [-0.2, -0.15) is 9.40 Å². The number of nitrogens with two attached hydrogens (primary N) is 1. The second-order valence-corrected chi connectivity index (χ2v) is 7.81. The topological polar surface area (TPSA) is 84.5 Å². The third-order valence-corrected chi connectivity index (χ3v) is 6.54. The summed E-state index contributed by atoms with van der Waals surface area (Å²) >= 11 is 0. The molecule has 3 rings (SSSR count). The molecular formula is C13H23N5O2S. The van der Waals surface area contributed by atoms with Crippen molar-refractivity contribution in [3.63, 3.8) is 0 Å². The molecule has 0 amide bonds. The van der Waals surface area contributed by atoms with Gasteiger partial charge in [0.25, 0.3) is 0 Å². The lowest BCUT2D eigenvalue weighted by atomic mass is 10.1. The molecule has 1 aromatic rings. The minimum absolute atomic E-state index is 0.0336. The minimum Gasteiger partial charge on any atom is -0.381 e. The van der Waals surface area contributed by atoms with Crippen LogP contribution < -0.4 is 5.73 Å². The predicted octanol–water partition coefficient (Wildman–Crippen LogP) is 0.342. The van der Waals surface area contributed by atoms with Crippen molar-refractivity contribution in [2.24, 2.45) is 0 Å². The summed E-state index contributed by atoms with van der Waals surface area (Å²) in [4.78, 5) is 2.54. The molecule has 0 saturated carbocycles. The number of piperazine rings is 1. The smallest absolute Gasteiger partial charge is 0.248 e. The second kappa shape index (κ2) is 5.26. The summed E-state index contributed by atoms with van der Waals surface area (Å²) in [5.74, 6) is 0.0953. The van der Waals surface area contributed by atoms with Crippen LogP contribution in [0.2, 0.25) is 0 Å². The van der Waals surface area contributed by atoms with Crippen LogP contribution in [0.25, 0.3) is 0 Å². The first-order valence-corrected chi connectivity index (χ1v) is 8.96. The van der Waals surface area contributed by atoms with Crippen molar-refractivity contribution >= 4 is 15.8 Å². The average Bonchev–Trinajstić information content (AvgIpc) is 3.03. The molecule has 0 aromatic carbocycles. The highest BCUT2D eigenvalue weighted by Crippen LogP contribution is 2.30. The van der Waals surface area contributed by atoms with Gasteiger partial charge in [-0.05, 0) is 33.2 Å². The molecule has 2 saturated heterocycles. The molecule has 2 unspecified atom stereocenters. The van der Waals surface area contributed by atoms with Gasteiger partial charge >= 0.3 is 0 Å². The van der Waals surface area contributed by atoms with Crippen LogP contribution in [0.1, 0.15) is 26.7 Å². The highest BCUT2D eigenvalue weighted by Gasteiger charge is 2.41. The van der Waals surface area contributed by atoms with Crippen molar-refractivity contribution in [1.29, 1.82) is 0 Å². The number of aryl methyl sites for hydroxylation is 1. The van der Waals surface area contributed by atoms with Crippen molar-refractivity contribution in [3.05, 3.63) is 6.20 Å². The standard InChI is InChI=1S/C13H23N5O2S/c1-3-17-9-12(13(14)15-17)21(19,20)18-8-11-5-4-6-16(11)7-10(18)2/h9-11H,3-8H2,1-2H3,(H2,14,15). The zero-order valence-corrected chi connectivity index (χ0v) is 13.4. The van der Waals surface area contributed by atoms with E-state index in [1.807, 2.05) is 13.8 Å². The highest BCUT2D eigenvalue weighted by atomic mass is 32.2. The van der Waals surface area contributed by atoms with Crippen molar-refractivity contribution in [3.8, 4) is 0 Å². The monoisotopic (exact) mass is 313 g/mol. The van der Waals surface area contributed by atoms with E-state index < -0.39 is 10.0 Å². The van der Waals surface area contributed by atoms with Crippen LogP contribution >= 0.6 is 0 Å². The van der Waals surface area contributed by atoms with Crippen molar-refractivity contribution in [2.75, 3.05) is 25.4 Å². The molecule has 8 heteroatoms. The molecule has 21 heavy (non-hydrogen) atoms. The maximum atomic E-state index is 12.9. The Morgan fingerprint density at radius 1 is 1.43 bits per heavy atom. The number of nitrogen functional groups attached to an aromatic ring is 1. The first kappa shape index (κ1) is 14.8. The number of sulfonamides is 1. The van der Waals surface area contributed by atoms with Gasteiger partial charge in [-0.1, -0.05) is 0 Å². The Bertz CT molecular complexity index is 627. The Kier molecular flexibility index (Phi) is 3.71. The number of anilines is 1. The molecule has 0 spiro atoms. The van der Waals surface area contributed by atoms with Gasteiger partial charge in [0.15, 0.2) is 5.82 Å². The fourth-order valence-corrected chi connectivity index (χ4v) is 5.12. The quantitative estimate of drug-likeness (QED) is 0.870. The average molecular weight is 313 g/mol. The molecule has 2 atom stereocenters. The third kappa shape index (κ3) is 2.45. The summed E-state index contributed by atoms with van der Waals surface area (Å²) in [6, 6.07) is 0.312. The van der Waals surface area contributed by atoms with Crippen LogP contribution in [0.4, 0.5) is 5.82 Å². The summed E-state index contributed by atoms with van der Waals surface area (Å²) in [5.41, 5.74) is 5.81. The van der Waals surface area contributed by atoms with E-state index in [-0.39, 0.29) is 16.8 Å². The van der Waals surface area contributed by atoms with Crippen LogP contribution in [0.5, 0.6) is 0 Å². The molecule has 118 valence electrons. The zero-order chi connectivity index (χ0) is 15.2. The van der Waals surface area contributed by atoms with E-state index in [1.165, 1.54) is 0 Å². The number of hydrogen-bond donors (Lipinski definition) is 1. The molecular weight excluding hydrogens is 290 g/mol. The van der Waals surface area contributed by atoms with Gasteiger partial charge in [-0.25, -0.2) is 8.42 Å². The second-order valence-electron chi connectivity index (χ2n) is 5.95. The molecule has 7 nitrogen and oxygen atoms in total. The van der Waals surface area contributed by atoms with E-state index in [9.17, 15) is 8.42 Å². The van der Waals surface area contributed by atoms with Crippen LogP contribution in [0, 0.1) is 0 Å². The number of hydrogen-bond acceptors (Lipinski definition) is 5. The van der Waals surface area contributed by atoms with Gasteiger partial charge in [0.2, 0.25) is 10.0 Å². The normalized spacial score (nSPS) is 27.9.